The van der Waals surface area contributed by atoms with Crippen LogP contribution in [-0.4, -0.2) is 23.4 Å². The van der Waals surface area contributed by atoms with E-state index in [1.165, 1.54) is 16.3 Å². The fourth-order valence-electron chi connectivity index (χ4n) is 4.37. The van der Waals surface area contributed by atoms with Gasteiger partial charge in [0.15, 0.2) is 0 Å². The van der Waals surface area contributed by atoms with E-state index in [1.807, 2.05) is 0 Å². The quantitative estimate of drug-likeness (QED) is 0.893. The standard InChI is InChI=1S/C20H24N2O.ClH/c21-16-11-10-15(13-16)20(23)22-12-4-9-19(22)18-8-3-6-14-5-1-2-7-17(14)18;/h1-3,5-8,15-16,19H,4,9-13,21H2;1H. The molecule has 24 heavy (non-hydrogen) atoms. The first-order valence-corrected chi connectivity index (χ1v) is 8.78. The number of nitrogens with two attached hydrogens (primary N) is 1. The molecule has 2 fully saturated rings. The topological polar surface area (TPSA) is 46.3 Å². The molecule has 2 aromatic carbocycles. The highest BCUT2D eigenvalue weighted by Crippen LogP contribution is 2.38. The van der Waals surface area contributed by atoms with Gasteiger partial charge in [-0.1, -0.05) is 42.5 Å². The molecule has 128 valence electrons. The van der Waals surface area contributed by atoms with Gasteiger partial charge in [0.1, 0.15) is 0 Å². The Morgan fingerprint density at radius 1 is 1.04 bits per heavy atom. The van der Waals surface area contributed by atoms with Crippen LogP contribution in [0.5, 0.6) is 0 Å². The van der Waals surface area contributed by atoms with E-state index < -0.39 is 0 Å². The summed E-state index contributed by atoms with van der Waals surface area (Å²) in [6, 6.07) is 15.4. The van der Waals surface area contributed by atoms with Crippen molar-refractivity contribution in [3.63, 3.8) is 0 Å². The first-order valence-electron chi connectivity index (χ1n) is 8.78. The van der Waals surface area contributed by atoms with Gasteiger partial charge in [-0.05, 0) is 48.4 Å². The summed E-state index contributed by atoms with van der Waals surface area (Å²) in [5.74, 6) is 0.467. The molecule has 1 saturated heterocycles. The maximum atomic E-state index is 13.0. The SMILES string of the molecule is Cl.NC1CCC(C(=O)N2CCCC2c2cccc3ccccc23)C1. The van der Waals surface area contributed by atoms with Crippen LogP contribution in [-0.2, 0) is 4.79 Å². The van der Waals surface area contributed by atoms with E-state index in [-0.39, 0.29) is 30.4 Å². The van der Waals surface area contributed by atoms with E-state index >= 15 is 0 Å². The summed E-state index contributed by atoms with van der Waals surface area (Å²) in [6.45, 7) is 0.887. The van der Waals surface area contributed by atoms with Crippen molar-refractivity contribution in [2.75, 3.05) is 6.54 Å². The molecule has 1 saturated carbocycles. The van der Waals surface area contributed by atoms with Crippen LogP contribution >= 0.6 is 12.4 Å². The third kappa shape index (κ3) is 3.03. The molecule has 0 radical (unpaired) electrons. The van der Waals surface area contributed by atoms with Crippen LogP contribution in [0.25, 0.3) is 10.8 Å². The van der Waals surface area contributed by atoms with Crippen molar-refractivity contribution >= 4 is 29.1 Å². The van der Waals surface area contributed by atoms with Gasteiger partial charge in [-0.3, -0.25) is 4.79 Å². The predicted octanol–water partition coefficient (Wildman–Crippen LogP) is 4.05. The fourth-order valence-corrected chi connectivity index (χ4v) is 4.37. The molecular formula is C20H25ClN2O. The molecule has 3 nitrogen and oxygen atoms in total. The maximum absolute atomic E-state index is 13.0. The molecule has 3 unspecified atom stereocenters. The van der Waals surface area contributed by atoms with Crippen LogP contribution in [0.4, 0.5) is 0 Å². The average Bonchev–Trinajstić information content (AvgIpc) is 3.22. The third-order valence-corrected chi connectivity index (χ3v) is 5.54. The highest BCUT2D eigenvalue weighted by molar-refractivity contribution is 5.87. The Morgan fingerprint density at radius 2 is 1.83 bits per heavy atom. The van der Waals surface area contributed by atoms with Crippen LogP contribution in [0.15, 0.2) is 42.5 Å². The largest absolute Gasteiger partial charge is 0.335 e. The Labute approximate surface area is 149 Å². The summed E-state index contributed by atoms with van der Waals surface area (Å²) in [7, 11) is 0. The zero-order chi connectivity index (χ0) is 15.8. The van der Waals surface area contributed by atoms with Gasteiger partial charge in [-0.2, -0.15) is 0 Å². The number of carbonyl (C=O) groups is 1. The summed E-state index contributed by atoms with van der Waals surface area (Å²) in [4.78, 5) is 15.1. The van der Waals surface area contributed by atoms with Crippen LogP contribution in [0.2, 0.25) is 0 Å². The first kappa shape index (κ1) is 17.2. The van der Waals surface area contributed by atoms with Crippen molar-refractivity contribution < 1.29 is 4.79 Å². The molecule has 0 spiro atoms. The Bertz CT molecular complexity index is 727. The number of halogens is 1. The van der Waals surface area contributed by atoms with Gasteiger partial charge < -0.3 is 10.6 Å². The number of benzene rings is 2. The van der Waals surface area contributed by atoms with E-state index in [0.717, 1.165) is 38.6 Å². The molecule has 1 aliphatic heterocycles. The lowest BCUT2D eigenvalue weighted by Gasteiger charge is -2.28. The monoisotopic (exact) mass is 344 g/mol. The summed E-state index contributed by atoms with van der Waals surface area (Å²) >= 11 is 0. The van der Waals surface area contributed by atoms with E-state index in [9.17, 15) is 4.79 Å². The minimum absolute atomic E-state index is 0. The van der Waals surface area contributed by atoms with Crippen molar-refractivity contribution in [3.8, 4) is 0 Å². The molecule has 1 aliphatic carbocycles. The number of amides is 1. The zero-order valence-electron chi connectivity index (χ0n) is 13.9. The number of hydrogen-bond acceptors (Lipinski definition) is 2. The van der Waals surface area contributed by atoms with Crippen LogP contribution in [0, 0.1) is 5.92 Å². The Kier molecular flexibility index (Phi) is 5.12. The van der Waals surface area contributed by atoms with Crippen LogP contribution in [0.3, 0.4) is 0 Å². The molecule has 3 atom stereocenters. The Morgan fingerprint density at radius 3 is 2.62 bits per heavy atom. The lowest BCUT2D eigenvalue weighted by molar-refractivity contribution is -0.136. The molecule has 4 heteroatoms. The van der Waals surface area contributed by atoms with E-state index in [4.69, 9.17) is 5.73 Å². The highest BCUT2D eigenvalue weighted by atomic mass is 35.5. The molecular weight excluding hydrogens is 320 g/mol. The van der Waals surface area contributed by atoms with Crippen molar-refractivity contribution in [2.24, 2.45) is 11.7 Å². The van der Waals surface area contributed by atoms with Crippen molar-refractivity contribution in [2.45, 2.75) is 44.2 Å². The molecule has 2 N–H and O–H groups in total. The van der Waals surface area contributed by atoms with E-state index in [2.05, 4.69) is 47.4 Å². The van der Waals surface area contributed by atoms with Gasteiger partial charge in [0, 0.05) is 18.5 Å². The average molecular weight is 345 g/mol. The van der Waals surface area contributed by atoms with E-state index in [1.54, 1.807) is 0 Å². The van der Waals surface area contributed by atoms with Gasteiger partial charge in [-0.15, -0.1) is 12.4 Å². The summed E-state index contributed by atoms with van der Waals surface area (Å²) in [5, 5.41) is 2.54. The molecule has 2 aliphatic rings. The molecule has 0 bridgehead atoms. The molecule has 1 heterocycles. The van der Waals surface area contributed by atoms with Gasteiger partial charge in [0.2, 0.25) is 5.91 Å². The summed E-state index contributed by atoms with van der Waals surface area (Å²) in [5.41, 5.74) is 7.31. The minimum atomic E-state index is 0. The Balaban J connectivity index is 0.00000169. The molecule has 1 amide bonds. The second-order valence-corrected chi connectivity index (χ2v) is 7.03. The number of hydrogen-bond donors (Lipinski definition) is 1. The minimum Gasteiger partial charge on any atom is -0.335 e. The van der Waals surface area contributed by atoms with Gasteiger partial charge in [0.05, 0.1) is 6.04 Å². The van der Waals surface area contributed by atoms with Gasteiger partial charge >= 0.3 is 0 Å². The third-order valence-electron chi connectivity index (χ3n) is 5.54. The number of rotatable bonds is 2. The highest BCUT2D eigenvalue weighted by Gasteiger charge is 2.37. The van der Waals surface area contributed by atoms with Crippen molar-refractivity contribution in [1.29, 1.82) is 0 Å². The smallest absolute Gasteiger partial charge is 0.226 e. The number of fused-ring (bicyclic) bond motifs is 1. The summed E-state index contributed by atoms with van der Waals surface area (Å²) < 4.78 is 0. The summed E-state index contributed by atoms with van der Waals surface area (Å²) in [6.07, 6.45) is 4.97. The molecule has 0 aromatic heterocycles. The van der Waals surface area contributed by atoms with Crippen molar-refractivity contribution in [1.82, 2.24) is 4.90 Å². The molecule has 2 aromatic rings. The number of nitrogens with zero attached hydrogens (tertiary/aromatic N) is 1. The molecule has 4 rings (SSSR count). The Hall–Kier alpha value is -1.58. The van der Waals surface area contributed by atoms with Crippen molar-refractivity contribution in [3.05, 3.63) is 48.0 Å². The van der Waals surface area contributed by atoms with E-state index in [0.29, 0.717) is 5.91 Å². The fraction of sp³-hybridized carbons (Fsp3) is 0.450. The number of carbonyl (C=O) groups excluding carboxylic acids is 1. The zero-order valence-corrected chi connectivity index (χ0v) is 14.7. The predicted molar refractivity (Wildman–Crippen MR) is 100 cm³/mol. The second kappa shape index (κ2) is 7.12. The number of likely N-dealkylation sites (tertiary alicyclic amines) is 1. The maximum Gasteiger partial charge on any atom is 0.226 e. The second-order valence-electron chi connectivity index (χ2n) is 7.03. The van der Waals surface area contributed by atoms with Gasteiger partial charge in [-0.25, -0.2) is 0 Å². The normalized spacial score (nSPS) is 26.5. The van der Waals surface area contributed by atoms with Crippen LogP contribution < -0.4 is 5.73 Å². The lowest BCUT2D eigenvalue weighted by atomic mass is 9.96. The van der Waals surface area contributed by atoms with Crippen LogP contribution in [0.1, 0.15) is 43.7 Å². The first-order chi connectivity index (χ1) is 11.2. The lowest BCUT2D eigenvalue weighted by Crippen LogP contribution is -2.35. The van der Waals surface area contributed by atoms with Gasteiger partial charge in [0.25, 0.3) is 0 Å².